The van der Waals surface area contributed by atoms with Crippen molar-refractivity contribution in [2.45, 2.75) is 39.2 Å². The minimum atomic E-state index is 0.0263. The van der Waals surface area contributed by atoms with E-state index in [4.69, 9.17) is 0 Å². The van der Waals surface area contributed by atoms with E-state index in [9.17, 15) is 9.59 Å². The summed E-state index contributed by atoms with van der Waals surface area (Å²) in [5.41, 5.74) is 1.15. The molecule has 2 rings (SSSR count). The Morgan fingerprint density at radius 1 is 1.24 bits per heavy atom. The predicted octanol–water partition coefficient (Wildman–Crippen LogP) is 2.51. The van der Waals surface area contributed by atoms with Crippen LogP contribution in [-0.2, 0) is 9.59 Å². The minimum Gasteiger partial charge on any atom is -0.349 e. The summed E-state index contributed by atoms with van der Waals surface area (Å²) in [7, 11) is 0. The molecule has 0 saturated carbocycles. The number of hydrogen-bond acceptors (Lipinski definition) is 2. The fraction of sp³-hybridized carbons (Fsp3) is 0.529. The molecule has 21 heavy (non-hydrogen) atoms. The number of carbonyl (C=O) groups excluding carboxylic acids is 2. The molecule has 1 N–H and O–H groups in total. The largest absolute Gasteiger partial charge is 0.349 e. The zero-order chi connectivity index (χ0) is 15.2. The second kappa shape index (κ2) is 7.25. The van der Waals surface area contributed by atoms with Crippen molar-refractivity contribution in [2.75, 3.05) is 13.1 Å². The molecule has 1 aromatic rings. The van der Waals surface area contributed by atoms with Crippen molar-refractivity contribution in [3.05, 3.63) is 35.9 Å². The lowest BCUT2D eigenvalue weighted by Crippen LogP contribution is -2.43. The molecule has 4 nitrogen and oxygen atoms in total. The summed E-state index contributed by atoms with van der Waals surface area (Å²) in [5, 5.41) is 3.15. The standard InChI is InChI=1S/C17H24N2O2/c1-3-16(14-7-5-4-6-8-14)18-17(21)15-9-11-19(12-10-15)13(2)20/h4-8,15-16H,3,9-12H2,1-2H3,(H,18,21)/t16-/m0/s1. The van der Waals surface area contributed by atoms with Crippen LogP contribution in [0, 0.1) is 5.92 Å². The molecule has 0 radical (unpaired) electrons. The van der Waals surface area contributed by atoms with Gasteiger partial charge in [-0.3, -0.25) is 9.59 Å². The van der Waals surface area contributed by atoms with Gasteiger partial charge in [0, 0.05) is 25.9 Å². The third-order valence-electron chi connectivity index (χ3n) is 4.24. The molecule has 0 spiro atoms. The molecule has 0 unspecified atom stereocenters. The van der Waals surface area contributed by atoms with Crippen LogP contribution >= 0.6 is 0 Å². The van der Waals surface area contributed by atoms with E-state index in [1.807, 2.05) is 35.2 Å². The van der Waals surface area contributed by atoms with Crippen LogP contribution in [0.5, 0.6) is 0 Å². The zero-order valence-electron chi connectivity index (χ0n) is 12.8. The second-order valence-electron chi connectivity index (χ2n) is 5.66. The van der Waals surface area contributed by atoms with Gasteiger partial charge in [-0.15, -0.1) is 0 Å². The number of nitrogens with zero attached hydrogens (tertiary/aromatic N) is 1. The van der Waals surface area contributed by atoms with Crippen molar-refractivity contribution >= 4 is 11.8 Å². The van der Waals surface area contributed by atoms with E-state index in [0.717, 1.165) is 24.8 Å². The molecule has 1 aliphatic rings. The number of benzene rings is 1. The monoisotopic (exact) mass is 288 g/mol. The Hall–Kier alpha value is -1.84. The maximum atomic E-state index is 12.4. The van der Waals surface area contributed by atoms with Crippen LogP contribution in [0.1, 0.15) is 44.7 Å². The first-order chi connectivity index (χ1) is 10.1. The third kappa shape index (κ3) is 4.06. The third-order valence-corrected chi connectivity index (χ3v) is 4.24. The van der Waals surface area contributed by atoms with Crippen molar-refractivity contribution in [3.8, 4) is 0 Å². The van der Waals surface area contributed by atoms with Crippen LogP contribution in [0.25, 0.3) is 0 Å². The summed E-state index contributed by atoms with van der Waals surface area (Å²) in [5.74, 6) is 0.247. The lowest BCUT2D eigenvalue weighted by atomic mass is 9.94. The number of carbonyl (C=O) groups is 2. The molecule has 1 fully saturated rings. The molecule has 114 valence electrons. The normalized spacial score (nSPS) is 17.3. The van der Waals surface area contributed by atoms with Crippen LogP contribution in [0.4, 0.5) is 0 Å². The molecule has 2 amide bonds. The molecule has 1 aromatic carbocycles. The lowest BCUT2D eigenvalue weighted by Gasteiger charge is -2.31. The van der Waals surface area contributed by atoms with Gasteiger partial charge in [0.2, 0.25) is 11.8 Å². The summed E-state index contributed by atoms with van der Waals surface area (Å²) >= 11 is 0. The van der Waals surface area contributed by atoms with E-state index < -0.39 is 0 Å². The van der Waals surface area contributed by atoms with Crippen LogP contribution in [0.15, 0.2) is 30.3 Å². The number of rotatable bonds is 4. The molecular weight excluding hydrogens is 264 g/mol. The molecule has 1 heterocycles. The highest BCUT2D eigenvalue weighted by molar-refractivity contribution is 5.80. The SMILES string of the molecule is CC[C@H](NC(=O)C1CCN(C(C)=O)CC1)c1ccccc1. The van der Waals surface area contributed by atoms with E-state index in [1.54, 1.807) is 6.92 Å². The van der Waals surface area contributed by atoms with Gasteiger partial charge < -0.3 is 10.2 Å². The van der Waals surface area contributed by atoms with Gasteiger partial charge in [-0.25, -0.2) is 0 Å². The molecule has 1 atom stereocenters. The Balaban J connectivity index is 1.91. The van der Waals surface area contributed by atoms with Crippen molar-refractivity contribution in [1.82, 2.24) is 10.2 Å². The van der Waals surface area contributed by atoms with Gasteiger partial charge >= 0.3 is 0 Å². The van der Waals surface area contributed by atoms with Crippen LogP contribution in [0.2, 0.25) is 0 Å². The Morgan fingerprint density at radius 2 is 1.86 bits per heavy atom. The van der Waals surface area contributed by atoms with Crippen LogP contribution in [0.3, 0.4) is 0 Å². The topological polar surface area (TPSA) is 49.4 Å². The highest BCUT2D eigenvalue weighted by Gasteiger charge is 2.27. The predicted molar refractivity (Wildman–Crippen MR) is 82.6 cm³/mol. The average molecular weight is 288 g/mol. The number of hydrogen-bond donors (Lipinski definition) is 1. The molecule has 0 aromatic heterocycles. The number of nitrogens with one attached hydrogen (secondary N) is 1. The maximum absolute atomic E-state index is 12.4. The maximum Gasteiger partial charge on any atom is 0.223 e. The van der Waals surface area contributed by atoms with Gasteiger partial charge in [0.25, 0.3) is 0 Å². The minimum absolute atomic E-state index is 0.0263. The highest BCUT2D eigenvalue weighted by atomic mass is 16.2. The van der Waals surface area contributed by atoms with Gasteiger partial charge in [0.05, 0.1) is 6.04 Å². The van der Waals surface area contributed by atoms with Gasteiger partial charge in [-0.2, -0.15) is 0 Å². The smallest absolute Gasteiger partial charge is 0.223 e. The Labute approximate surface area is 126 Å². The first-order valence-electron chi connectivity index (χ1n) is 7.72. The van der Waals surface area contributed by atoms with Crippen molar-refractivity contribution in [2.24, 2.45) is 5.92 Å². The van der Waals surface area contributed by atoms with Gasteiger partial charge in [0.1, 0.15) is 0 Å². The lowest BCUT2D eigenvalue weighted by molar-refractivity contribution is -0.134. The molecular formula is C17H24N2O2. The van der Waals surface area contributed by atoms with E-state index in [1.165, 1.54) is 0 Å². The van der Waals surface area contributed by atoms with E-state index in [2.05, 4.69) is 12.2 Å². The molecule has 1 saturated heterocycles. The van der Waals surface area contributed by atoms with Gasteiger partial charge in [-0.1, -0.05) is 37.3 Å². The second-order valence-corrected chi connectivity index (χ2v) is 5.66. The fourth-order valence-electron chi connectivity index (χ4n) is 2.85. The molecule has 4 heteroatoms. The Morgan fingerprint density at radius 3 is 2.38 bits per heavy atom. The fourth-order valence-corrected chi connectivity index (χ4v) is 2.85. The molecule has 0 aliphatic carbocycles. The first kappa shape index (κ1) is 15.5. The van der Waals surface area contributed by atoms with E-state index in [-0.39, 0.29) is 23.8 Å². The van der Waals surface area contributed by atoms with Crippen LogP contribution in [-0.4, -0.2) is 29.8 Å². The average Bonchev–Trinajstić information content (AvgIpc) is 2.53. The summed E-state index contributed by atoms with van der Waals surface area (Å²) < 4.78 is 0. The van der Waals surface area contributed by atoms with Crippen molar-refractivity contribution in [1.29, 1.82) is 0 Å². The Bertz CT molecular complexity index is 479. The number of piperidine rings is 1. The Kier molecular flexibility index (Phi) is 5.37. The quantitative estimate of drug-likeness (QED) is 0.925. The summed E-state index contributed by atoms with van der Waals surface area (Å²) in [6, 6.07) is 10.1. The zero-order valence-corrected chi connectivity index (χ0v) is 12.8. The summed E-state index contributed by atoms with van der Waals surface area (Å²) in [6.07, 6.45) is 2.40. The van der Waals surface area contributed by atoms with E-state index >= 15 is 0 Å². The summed E-state index contributed by atoms with van der Waals surface area (Å²) in [4.78, 5) is 25.5. The van der Waals surface area contributed by atoms with E-state index in [0.29, 0.717) is 13.1 Å². The number of likely N-dealkylation sites (tertiary alicyclic amines) is 1. The highest BCUT2D eigenvalue weighted by Crippen LogP contribution is 2.21. The van der Waals surface area contributed by atoms with Crippen molar-refractivity contribution < 1.29 is 9.59 Å². The van der Waals surface area contributed by atoms with Gasteiger partial charge in [0.15, 0.2) is 0 Å². The van der Waals surface area contributed by atoms with Crippen molar-refractivity contribution in [3.63, 3.8) is 0 Å². The summed E-state index contributed by atoms with van der Waals surface area (Å²) in [6.45, 7) is 5.05. The number of amides is 2. The van der Waals surface area contributed by atoms with Crippen LogP contribution < -0.4 is 5.32 Å². The first-order valence-corrected chi connectivity index (χ1v) is 7.72. The van der Waals surface area contributed by atoms with Gasteiger partial charge in [-0.05, 0) is 24.8 Å². The molecule has 1 aliphatic heterocycles. The molecule has 0 bridgehead atoms.